The maximum atomic E-state index is 11.7. The van der Waals surface area contributed by atoms with Crippen LogP contribution < -0.4 is 4.74 Å². The fraction of sp³-hybridized carbons (Fsp3) is 0.556. The average Bonchev–Trinajstić information content (AvgIpc) is 3.00. The van der Waals surface area contributed by atoms with Gasteiger partial charge in [0, 0.05) is 12.6 Å². The van der Waals surface area contributed by atoms with E-state index < -0.39 is 0 Å². The summed E-state index contributed by atoms with van der Waals surface area (Å²) in [6, 6.07) is 3.36. The minimum atomic E-state index is -0.307. The van der Waals surface area contributed by atoms with Gasteiger partial charge in [0.1, 0.15) is 11.5 Å². The number of carbonyl (C=O) groups is 1. The first-order valence-corrected chi connectivity index (χ1v) is 8.74. The molecule has 2 aromatic rings. The third kappa shape index (κ3) is 4.35. The van der Waals surface area contributed by atoms with Gasteiger partial charge in [0.2, 0.25) is 0 Å². The van der Waals surface area contributed by atoms with Gasteiger partial charge in [-0.15, -0.1) is 5.10 Å². The summed E-state index contributed by atoms with van der Waals surface area (Å²) in [6.45, 7) is 5.58. The zero-order valence-corrected chi connectivity index (χ0v) is 15.3. The van der Waals surface area contributed by atoms with Crippen LogP contribution in [0.5, 0.6) is 11.5 Å². The summed E-state index contributed by atoms with van der Waals surface area (Å²) in [5, 5.41) is 22.1. The van der Waals surface area contributed by atoms with Crippen LogP contribution in [-0.2, 0) is 13.5 Å². The van der Waals surface area contributed by atoms with Crippen LogP contribution in [0.15, 0.2) is 12.1 Å². The van der Waals surface area contributed by atoms with Gasteiger partial charge in [0.05, 0.1) is 5.56 Å². The summed E-state index contributed by atoms with van der Waals surface area (Å²) in [6.07, 6.45) is 3.92. The van der Waals surface area contributed by atoms with E-state index in [2.05, 4.69) is 22.4 Å². The van der Waals surface area contributed by atoms with Crippen LogP contribution in [0.1, 0.15) is 74.3 Å². The number of carbonyl (C=O) groups excluding carboxylic acids is 1. The lowest BCUT2D eigenvalue weighted by molar-refractivity contribution is 0.101. The molecule has 0 aliphatic carbocycles. The number of ketones is 1. The largest absolute Gasteiger partial charge is 0.507 e. The van der Waals surface area contributed by atoms with Crippen molar-refractivity contribution in [2.24, 2.45) is 7.05 Å². The molecule has 0 saturated carbocycles. The zero-order chi connectivity index (χ0) is 18.4. The lowest BCUT2D eigenvalue weighted by atomic mass is 10.0. The molecule has 1 aromatic carbocycles. The van der Waals surface area contributed by atoms with Crippen molar-refractivity contribution in [2.45, 2.75) is 59.0 Å². The Hall–Kier alpha value is -2.44. The molecule has 7 nitrogen and oxygen atoms in total. The molecule has 1 aromatic heterocycles. The van der Waals surface area contributed by atoms with Gasteiger partial charge in [-0.25, -0.2) is 4.68 Å². The molecule has 0 aliphatic rings. The highest BCUT2D eigenvalue weighted by Crippen LogP contribution is 2.36. The number of Topliss-reactive ketones (excluding diaryl/α,β-unsaturated/α-hetero) is 1. The fourth-order valence-corrected chi connectivity index (χ4v) is 2.80. The fourth-order valence-electron chi connectivity index (χ4n) is 2.80. The monoisotopic (exact) mass is 346 g/mol. The van der Waals surface area contributed by atoms with E-state index in [-0.39, 0.29) is 17.6 Å². The molecule has 25 heavy (non-hydrogen) atoms. The van der Waals surface area contributed by atoms with Crippen LogP contribution >= 0.6 is 0 Å². The number of tetrazole rings is 1. The van der Waals surface area contributed by atoms with Gasteiger partial charge in [-0.05, 0) is 48.7 Å². The number of ether oxygens (including phenoxy) is 1. The minimum absolute atomic E-state index is 0.0113. The predicted molar refractivity (Wildman–Crippen MR) is 93.8 cm³/mol. The first-order chi connectivity index (χ1) is 12.0. The normalized spacial score (nSPS) is 12.2. The van der Waals surface area contributed by atoms with Crippen LogP contribution in [0, 0.1) is 0 Å². The van der Waals surface area contributed by atoms with Gasteiger partial charge in [0.25, 0.3) is 0 Å². The number of benzene rings is 1. The molecule has 0 spiro atoms. The van der Waals surface area contributed by atoms with E-state index >= 15 is 0 Å². The summed E-state index contributed by atoms with van der Waals surface area (Å²) in [5.41, 5.74) is 0.980. The van der Waals surface area contributed by atoms with E-state index in [0.717, 1.165) is 25.7 Å². The van der Waals surface area contributed by atoms with Crippen LogP contribution in [-0.4, -0.2) is 31.1 Å². The minimum Gasteiger partial charge on any atom is -0.507 e. The molecular weight excluding hydrogens is 320 g/mol. The lowest BCUT2D eigenvalue weighted by Gasteiger charge is -2.21. The molecule has 1 unspecified atom stereocenters. The van der Waals surface area contributed by atoms with Gasteiger partial charge < -0.3 is 9.84 Å². The Bertz CT molecular complexity index is 727. The van der Waals surface area contributed by atoms with Gasteiger partial charge in [0.15, 0.2) is 17.7 Å². The second-order valence-corrected chi connectivity index (χ2v) is 6.15. The summed E-state index contributed by atoms with van der Waals surface area (Å²) in [7, 11) is 1.78. The van der Waals surface area contributed by atoms with E-state index in [1.54, 1.807) is 23.9 Å². The summed E-state index contributed by atoms with van der Waals surface area (Å²) in [4.78, 5) is 11.7. The second-order valence-electron chi connectivity index (χ2n) is 6.15. The highest BCUT2D eigenvalue weighted by atomic mass is 16.5. The van der Waals surface area contributed by atoms with Crippen LogP contribution in [0.2, 0.25) is 0 Å². The molecule has 1 heterocycles. The van der Waals surface area contributed by atoms with Gasteiger partial charge in [-0.3, -0.25) is 4.79 Å². The third-order valence-corrected chi connectivity index (χ3v) is 4.15. The van der Waals surface area contributed by atoms with Gasteiger partial charge in [-0.2, -0.15) is 0 Å². The van der Waals surface area contributed by atoms with Crippen molar-refractivity contribution in [1.29, 1.82) is 0 Å². The van der Waals surface area contributed by atoms with Gasteiger partial charge >= 0.3 is 0 Å². The third-order valence-electron chi connectivity index (χ3n) is 4.15. The molecule has 1 atom stereocenters. The number of hydrogen-bond acceptors (Lipinski definition) is 6. The Kier molecular flexibility index (Phi) is 6.50. The molecule has 0 amide bonds. The van der Waals surface area contributed by atoms with Crippen molar-refractivity contribution in [2.75, 3.05) is 0 Å². The van der Waals surface area contributed by atoms with Crippen LogP contribution in [0.3, 0.4) is 0 Å². The molecule has 7 heteroatoms. The van der Waals surface area contributed by atoms with Crippen LogP contribution in [0.25, 0.3) is 0 Å². The summed E-state index contributed by atoms with van der Waals surface area (Å²) >= 11 is 0. The molecule has 0 saturated heterocycles. The first-order valence-electron chi connectivity index (χ1n) is 8.74. The number of aromatic nitrogens is 4. The second kappa shape index (κ2) is 8.60. The molecule has 0 bridgehead atoms. The van der Waals surface area contributed by atoms with E-state index in [4.69, 9.17) is 4.74 Å². The average molecular weight is 346 g/mol. The Labute approximate surface area is 148 Å². The Balaban J connectivity index is 2.39. The molecule has 1 N–H and O–H groups in total. The van der Waals surface area contributed by atoms with Crippen molar-refractivity contribution < 1.29 is 14.6 Å². The number of aromatic hydroxyl groups is 1. The zero-order valence-electron chi connectivity index (χ0n) is 15.3. The number of hydrogen-bond donors (Lipinski definition) is 1. The smallest absolute Gasteiger partial charge is 0.191 e. The lowest BCUT2D eigenvalue weighted by Crippen LogP contribution is -2.15. The Morgan fingerprint density at radius 3 is 2.64 bits per heavy atom. The van der Waals surface area contributed by atoms with E-state index in [1.807, 2.05) is 6.92 Å². The maximum Gasteiger partial charge on any atom is 0.191 e. The topological polar surface area (TPSA) is 90.1 Å². The van der Waals surface area contributed by atoms with Crippen molar-refractivity contribution in [3.63, 3.8) is 0 Å². The maximum absolute atomic E-state index is 11.7. The van der Waals surface area contributed by atoms with E-state index in [1.165, 1.54) is 6.92 Å². The number of nitrogens with zero attached hydrogens (tertiary/aromatic N) is 4. The number of phenols is 1. The number of unbranched alkanes of at least 4 members (excludes halogenated alkanes) is 1. The SMILES string of the molecule is CCCCC(Oc1ccc(C(C)=O)c(O)c1CCC)c1nnnn1C. The molecule has 136 valence electrons. The quantitative estimate of drug-likeness (QED) is 0.700. The number of phenolic OH excluding ortho intramolecular Hbond substituents is 1. The molecule has 0 aliphatic heterocycles. The van der Waals surface area contributed by atoms with Crippen molar-refractivity contribution in [3.8, 4) is 11.5 Å². The predicted octanol–water partition coefficient (Wildman–Crippen LogP) is 3.38. The molecule has 0 radical (unpaired) electrons. The highest BCUT2D eigenvalue weighted by Gasteiger charge is 2.23. The van der Waals surface area contributed by atoms with Gasteiger partial charge in [-0.1, -0.05) is 26.7 Å². The van der Waals surface area contributed by atoms with E-state index in [0.29, 0.717) is 29.1 Å². The van der Waals surface area contributed by atoms with Crippen molar-refractivity contribution in [3.05, 3.63) is 29.1 Å². The number of aryl methyl sites for hydroxylation is 1. The molecular formula is C18H26N4O3. The van der Waals surface area contributed by atoms with Crippen molar-refractivity contribution >= 4 is 5.78 Å². The molecule has 2 rings (SSSR count). The Morgan fingerprint density at radius 1 is 1.32 bits per heavy atom. The molecule has 0 fully saturated rings. The van der Waals surface area contributed by atoms with Crippen LogP contribution in [0.4, 0.5) is 0 Å². The standard InChI is InChI=1S/C18H26N4O3/c1-5-7-9-16(18-19-20-21-22(18)4)25-15-11-10-13(12(3)23)17(24)14(15)8-6-2/h10-11,16,24H,5-9H2,1-4H3. The van der Waals surface area contributed by atoms with Crippen molar-refractivity contribution in [1.82, 2.24) is 20.2 Å². The summed E-state index contributed by atoms with van der Waals surface area (Å²) in [5.74, 6) is 1.07. The summed E-state index contributed by atoms with van der Waals surface area (Å²) < 4.78 is 7.81. The van der Waals surface area contributed by atoms with E-state index in [9.17, 15) is 9.90 Å². The number of rotatable bonds is 9. The Morgan fingerprint density at radius 2 is 2.08 bits per heavy atom. The highest BCUT2D eigenvalue weighted by molar-refractivity contribution is 5.97. The first kappa shape index (κ1) is 18.9.